The first kappa shape index (κ1) is 28.4. The summed E-state index contributed by atoms with van der Waals surface area (Å²) in [6.07, 6.45) is -3.90. The highest BCUT2D eigenvalue weighted by atomic mass is 31.3. The summed E-state index contributed by atoms with van der Waals surface area (Å²) in [5.41, 5.74) is 5.96. The van der Waals surface area contributed by atoms with E-state index in [-0.39, 0.29) is 17.0 Å². The highest BCUT2D eigenvalue weighted by molar-refractivity contribution is 7.76. The van der Waals surface area contributed by atoms with Crippen LogP contribution in [-0.2, 0) is 36.1 Å². The minimum absolute atomic E-state index is 0.0205. The van der Waals surface area contributed by atoms with Gasteiger partial charge in [-0.15, -0.1) is 0 Å². The number of hydrogen-bond acceptors (Lipinski definition) is 14. The number of nitrogens with two attached hydrogens (primary N) is 1. The van der Waals surface area contributed by atoms with Gasteiger partial charge >= 0.3 is 30.8 Å². The Balaban J connectivity index is 1.65. The van der Waals surface area contributed by atoms with E-state index in [9.17, 15) is 43.2 Å². The van der Waals surface area contributed by atoms with E-state index in [0.29, 0.717) is 0 Å². The van der Waals surface area contributed by atoms with Gasteiger partial charge in [-0.05, 0) is 0 Å². The number of rotatable bonds is 10. The predicted molar refractivity (Wildman–Crippen MR) is 110 cm³/mol. The third-order valence-corrected chi connectivity index (χ3v) is 11.3. The summed E-state index contributed by atoms with van der Waals surface area (Å²) in [6.45, 7) is -0.998. The second kappa shape index (κ2) is 9.95. The highest BCUT2D eigenvalue weighted by Gasteiger charge is 2.47. The van der Waals surface area contributed by atoms with Crippen molar-refractivity contribution in [2.45, 2.75) is 24.5 Å². The normalized spacial score (nSPS) is 28.4. The number of nitrogen functional groups attached to an aromatic ring is 1. The maximum atomic E-state index is 12.0. The van der Waals surface area contributed by atoms with Crippen LogP contribution in [0, 0.1) is 0 Å². The van der Waals surface area contributed by atoms with E-state index in [0.717, 1.165) is 6.33 Å². The summed E-state index contributed by atoms with van der Waals surface area (Å²) >= 11 is 0. The van der Waals surface area contributed by atoms with Crippen LogP contribution in [0.1, 0.15) is 6.23 Å². The summed E-state index contributed by atoms with van der Waals surface area (Å²) < 4.78 is 64.7. The molecule has 0 aliphatic carbocycles. The average Bonchev–Trinajstić information content (AvgIpc) is 3.19. The standard InChI is InChI=1S/C11H19N5O15P4/c12-9-6-10(14-2-13-9)16(3-15-6)11-8(18)7(17)5(29-11)1-28-35(26,27)31-33(21,22)4-32(19,20)30-34(23,24)25/h2-3,5,7-8,11,17-18H,1,4H2,(H,19,20)(H,21,22)(H,26,27)(H2,12,13,14)(H2,23,24,25)/t5-,7-,8+,11+/m0/s1. The van der Waals surface area contributed by atoms with Crippen LogP contribution in [0.3, 0.4) is 0 Å². The van der Waals surface area contributed by atoms with Crippen molar-refractivity contribution in [2.24, 2.45) is 0 Å². The molecule has 0 bridgehead atoms. The van der Waals surface area contributed by atoms with Crippen LogP contribution in [0.25, 0.3) is 11.2 Å². The Morgan fingerprint density at radius 2 is 1.60 bits per heavy atom. The fraction of sp³-hybridized carbons (Fsp3) is 0.545. The summed E-state index contributed by atoms with van der Waals surface area (Å²) in [4.78, 5) is 57.2. The second-order valence-electron chi connectivity index (χ2n) is 6.96. The topological polar surface area (TPSA) is 316 Å². The van der Waals surface area contributed by atoms with Crippen LogP contribution in [0.2, 0.25) is 0 Å². The number of aliphatic hydroxyl groups is 2. The van der Waals surface area contributed by atoms with Gasteiger partial charge < -0.3 is 45.2 Å². The van der Waals surface area contributed by atoms with Gasteiger partial charge in [0, 0.05) is 0 Å². The Labute approximate surface area is 194 Å². The molecule has 0 radical (unpaired) electrons. The van der Waals surface area contributed by atoms with Gasteiger partial charge in [0.2, 0.25) is 0 Å². The van der Waals surface area contributed by atoms with E-state index in [1.54, 1.807) is 0 Å². The average molecular weight is 585 g/mol. The number of hydrogen-bond donors (Lipinski definition) is 8. The van der Waals surface area contributed by atoms with Crippen molar-refractivity contribution in [3.63, 3.8) is 0 Å². The molecular formula is C11H19N5O15P4. The van der Waals surface area contributed by atoms with Crippen LogP contribution in [0.5, 0.6) is 0 Å². The molecule has 2 aromatic heterocycles. The molecule has 3 rings (SSSR count). The molecule has 1 saturated heterocycles. The molecule has 1 aliphatic heterocycles. The monoisotopic (exact) mass is 585 g/mol. The lowest BCUT2D eigenvalue weighted by Gasteiger charge is -2.20. The number of anilines is 1. The number of nitrogens with zero attached hydrogens (tertiary/aromatic N) is 4. The van der Waals surface area contributed by atoms with Gasteiger partial charge in [-0.1, -0.05) is 0 Å². The zero-order valence-electron chi connectivity index (χ0n) is 16.9. The molecule has 198 valence electrons. The van der Waals surface area contributed by atoms with Gasteiger partial charge in [-0.25, -0.2) is 32.7 Å². The van der Waals surface area contributed by atoms with Crippen molar-refractivity contribution >= 4 is 47.8 Å². The van der Waals surface area contributed by atoms with Gasteiger partial charge in [0.05, 0.1) is 12.9 Å². The maximum absolute atomic E-state index is 12.0. The van der Waals surface area contributed by atoms with Crippen molar-refractivity contribution in [1.82, 2.24) is 19.5 Å². The molecule has 35 heavy (non-hydrogen) atoms. The first-order valence-corrected chi connectivity index (χ1v) is 15.5. The number of aromatic nitrogens is 4. The number of phosphoric ester groups is 1. The molecule has 1 aliphatic rings. The molecule has 24 heteroatoms. The quantitative estimate of drug-likeness (QED) is 0.149. The zero-order valence-corrected chi connectivity index (χ0v) is 20.5. The van der Waals surface area contributed by atoms with E-state index >= 15 is 0 Å². The molecule has 9 N–H and O–H groups in total. The fourth-order valence-electron chi connectivity index (χ4n) is 2.95. The molecule has 0 amide bonds. The number of aliphatic hydroxyl groups excluding tert-OH is 2. The summed E-state index contributed by atoms with van der Waals surface area (Å²) in [5.74, 6) is -1.95. The number of ether oxygens (including phenoxy) is 1. The maximum Gasteiger partial charge on any atom is 0.479 e. The molecule has 3 heterocycles. The van der Waals surface area contributed by atoms with E-state index < -0.39 is 67.9 Å². The molecule has 0 spiro atoms. The largest absolute Gasteiger partial charge is 0.479 e. The van der Waals surface area contributed by atoms with Crippen LogP contribution in [-0.4, -0.2) is 85.0 Å². The molecule has 3 unspecified atom stereocenters. The molecule has 7 atom stereocenters. The van der Waals surface area contributed by atoms with Crippen molar-refractivity contribution in [3.8, 4) is 0 Å². The van der Waals surface area contributed by atoms with Crippen LogP contribution < -0.4 is 5.73 Å². The first-order chi connectivity index (χ1) is 15.9. The van der Waals surface area contributed by atoms with Gasteiger partial charge in [-0.3, -0.25) is 18.2 Å². The lowest BCUT2D eigenvalue weighted by atomic mass is 10.1. The van der Waals surface area contributed by atoms with E-state index in [2.05, 4.69) is 28.1 Å². The Hall–Kier alpha value is -1.17. The van der Waals surface area contributed by atoms with E-state index in [1.807, 2.05) is 0 Å². The van der Waals surface area contributed by atoms with Gasteiger partial charge in [-0.2, -0.15) is 0 Å². The van der Waals surface area contributed by atoms with Crippen LogP contribution in [0.4, 0.5) is 5.82 Å². The van der Waals surface area contributed by atoms with Crippen molar-refractivity contribution in [2.75, 3.05) is 18.2 Å². The van der Waals surface area contributed by atoms with Gasteiger partial charge in [0.25, 0.3) is 0 Å². The van der Waals surface area contributed by atoms with Crippen molar-refractivity contribution in [1.29, 1.82) is 0 Å². The fourth-order valence-corrected chi connectivity index (χ4v) is 9.24. The molecule has 0 aromatic carbocycles. The zero-order chi connectivity index (χ0) is 26.4. The Bertz CT molecular complexity index is 1280. The van der Waals surface area contributed by atoms with Crippen LogP contribution in [0.15, 0.2) is 12.7 Å². The molecule has 0 saturated carbocycles. The molecular weight excluding hydrogens is 566 g/mol. The third-order valence-electron chi connectivity index (χ3n) is 4.22. The number of imidazole rings is 1. The first-order valence-electron chi connectivity index (χ1n) is 8.93. The summed E-state index contributed by atoms with van der Waals surface area (Å²) in [6, 6.07) is 0. The predicted octanol–water partition coefficient (Wildman–Crippen LogP) is -1.40. The van der Waals surface area contributed by atoms with E-state index in [1.165, 1.54) is 10.9 Å². The van der Waals surface area contributed by atoms with Crippen molar-refractivity contribution < 1.29 is 70.8 Å². The Kier molecular flexibility index (Phi) is 8.07. The summed E-state index contributed by atoms with van der Waals surface area (Å²) in [5, 5.41) is 20.5. The lowest BCUT2D eigenvalue weighted by molar-refractivity contribution is -0.0501. The minimum Gasteiger partial charge on any atom is -0.387 e. The Morgan fingerprint density at radius 3 is 2.23 bits per heavy atom. The smallest absolute Gasteiger partial charge is 0.387 e. The third kappa shape index (κ3) is 7.20. The number of phosphoric acid groups is 2. The summed E-state index contributed by atoms with van der Waals surface area (Å²) in [7, 11) is -22.0. The molecule has 20 nitrogen and oxygen atoms in total. The lowest BCUT2D eigenvalue weighted by Crippen LogP contribution is -2.33. The SMILES string of the molecule is Nc1ncnc2c1ncn2[C@@H]1O[C@@H](COP(=O)(O)OP(=O)(O)CP(=O)(O)OP(=O)(O)O)[C@H](O)[C@H]1O. The van der Waals surface area contributed by atoms with Crippen molar-refractivity contribution in [3.05, 3.63) is 12.7 Å². The van der Waals surface area contributed by atoms with Crippen LogP contribution >= 0.6 is 30.8 Å². The van der Waals surface area contributed by atoms with Gasteiger partial charge in [0.15, 0.2) is 23.6 Å². The Morgan fingerprint density at radius 1 is 0.971 bits per heavy atom. The minimum atomic E-state index is -5.56. The van der Waals surface area contributed by atoms with E-state index in [4.69, 9.17) is 20.3 Å². The molecule has 2 aromatic rings. The second-order valence-corrected chi connectivity index (χ2v) is 14.1. The van der Waals surface area contributed by atoms with Gasteiger partial charge in [0.1, 0.15) is 30.2 Å². The number of fused-ring (bicyclic) bond motifs is 1. The highest BCUT2D eigenvalue weighted by Crippen LogP contribution is 2.69. The molecule has 1 fully saturated rings.